The van der Waals surface area contributed by atoms with Crippen LogP contribution in [-0.2, 0) is 22.7 Å². The number of halogens is 1. The number of hydrogen-bond acceptors (Lipinski definition) is 5. The second-order valence-corrected chi connectivity index (χ2v) is 7.11. The van der Waals surface area contributed by atoms with E-state index in [1.807, 2.05) is 13.1 Å². The van der Waals surface area contributed by atoms with E-state index in [1.165, 1.54) is 17.7 Å². The topological polar surface area (TPSA) is 82.2 Å². The van der Waals surface area contributed by atoms with E-state index in [1.54, 1.807) is 28.9 Å². The molecule has 0 atom stereocenters. The average molecular weight is 420 g/mol. The van der Waals surface area contributed by atoms with Crippen molar-refractivity contribution in [2.24, 2.45) is 0 Å². The van der Waals surface area contributed by atoms with Gasteiger partial charge in [-0.3, -0.25) is 9.48 Å². The van der Waals surface area contributed by atoms with Crippen molar-refractivity contribution in [1.82, 2.24) is 14.9 Å². The summed E-state index contributed by atoms with van der Waals surface area (Å²) in [6.45, 7) is 2.62. The van der Waals surface area contributed by atoms with Crippen molar-refractivity contribution in [2.75, 3.05) is 11.9 Å². The van der Waals surface area contributed by atoms with Crippen LogP contribution in [0, 0.1) is 12.7 Å². The highest BCUT2D eigenvalue weighted by Gasteiger charge is 2.10. The van der Waals surface area contributed by atoms with Gasteiger partial charge in [0.15, 0.2) is 11.6 Å². The number of benzene rings is 2. The largest absolute Gasteiger partial charge is 0.365 e. The van der Waals surface area contributed by atoms with Crippen molar-refractivity contribution in [3.05, 3.63) is 89.5 Å². The number of carbonyl (C=O) groups is 1. The van der Waals surface area contributed by atoms with Crippen molar-refractivity contribution in [2.45, 2.75) is 20.1 Å². The Morgan fingerprint density at radius 1 is 1.13 bits per heavy atom. The number of amides is 1. The minimum Gasteiger partial charge on any atom is -0.365 e. The van der Waals surface area contributed by atoms with E-state index >= 15 is 0 Å². The maximum atomic E-state index is 13.0. The maximum Gasteiger partial charge on any atom is 0.251 e. The molecule has 1 amide bonds. The molecule has 0 saturated carbocycles. The molecule has 2 heterocycles. The summed E-state index contributed by atoms with van der Waals surface area (Å²) in [6.07, 6.45) is 1.81. The van der Waals surface area contributed by atoms with Gasteiger partial charge in [0.25, 0.3) is 5.91 Å². The standard InChI is InChI=1S/C23H21FN4O3/c1-16-2-4-17(5-3-16)13-28-11-10-22(26-28)25-23(29)15-30-14-20-12-21(31-27-20)18-6-8-19(24)9-7-18/h2-12H,13-15H2,1H3,(H,25,26,29). The Bertz CT molecular complexity index is 1150. The van der Waals surface area contributed by atoms with Gasteiger partial charge in [0, 0.05) is 23.9 Å². The highest BCUT2D eigenvalue weighted by molar-refractivity contribution is 5.90. The third-order valence-corrected chi connectivity index (χ3v) is 4.54. The zero-order valence-electron chi connectivity index (χ0n) is 16.9. The number of hydrogen-bond donors (Lipinski definition) is 1. The lowest BCUT2D eigenvalue weighted by molar-refractivity contribution is -0.121. The molecule has 0 aliphatic heterocycles. The van der Waals surface area contributed by atoms with Crippen LogP contribution in [0.15, 0.2) is 71.4 Å². The number of aromatic nitrogens is 3. The summed E-state index contributed by atoms with van der Waals surface area (Å²) in [5.41, 5.74) is 3.57. The summed E-state index contributed by atoms with van der Waals surface area (Å²) in [5, 5.41) is 11.0. The van der Waals surface area contributed by atoms with Gasteiger partial charge in [-0.1, -0.05) is 35.0 Å². The third-order valence-electron chi connectivity index (χ3n) is 4.54. The monoisotopic (exact) mass is 420 g/mol. The predicted octanol–water partition coefficient (Wildman–Crippen LogP) is 4.19. The minimum atomic E-state index is -0.321. The zero-order valence-corrected chi connectivity index (χ0v) is 16.9. The second kappa shape index (κ2) is 9.36. The lowest BCUT2D eigenvalue weighted by atomic mass is 10.1. The van der Waals surface area contributed by atoms with E-state index in [9.17, 15) is 9.18 Å². The van der Waals surface area contributed by atoms with Crippen LogP contribution in [0.5, 0.6) is 0 Å². The van der Waals surface area contributed by atoms with E-state index < -0.39 is 0 Å². The van der Waals surface area contributed by atoms with E-state index in [0.29, 0.717) is 29.4 Å². The molecule has 4 aromatic rings. The smallest absolute Gasteiger partial charge is 0.251 e. The normalized spacial score (nSPS) is 10.9. The molecule has 2 aromatic heterocycles. The molecule has 1 N–H and O–H groups in total. The van der Waals surface area contributed by atoms with Gasteiger partial charge in [-0.2, -0.15) is 5.10 Å². The molecule has 0 aliphatic rings. The molecule has 8 heteroatoms. The minimum absolute atomic E-state index is 0.111. The van der Waals surface area contributed by atoms with Gasteiger partial charge in [0.05, 0.1) is 13.2 Å². The van der Waals surface area contributed by atoms with E-state index in [4.69, 9.17) is 9.26 Å². The fraction of sp³-hybridized carbons (Fsp3) is 0.174. The van der Waals surface area contributed by atoms with Crippen LogP contribution < -0.4 is 5.32 Å². The van der Waals surface area contributed by atoms with Gasteiger partial charge in [0.1, 0.15) is 18.1 Å². The molecule has 2 aromatic carbocycles. The zero-order chi connectivity index (χ0) is 21.6. The fourth-order valence-corrected chi connectivity index (χ4v) is 2.95. The second-order valence-electron chi connectivity index (χ2n) is 7.11. The Kier molecular flexibility index (Phi) is 6.18. The van der Waals surface area contributed by atoms with Crippen LogP contribution in [0.4, 0.5) is 10.2 Å². The number of carbonyl (C=O) groups excluding carboxylic acids is 1. The molecule has 0 spiro atoms. The molecule has 158 valence electrons. The number of nitrogens with zero attached hydrogens (tertiary/aromatic N) is 3. The maximum absolute atomic E-state index is 13.0. The highest BCUT2D eigenvalue weighted by atomic mass is 19.1. The van der Waals surface area contributed by atoms with Gasteiger partial charge in [-0.15, -0.1) is 0 Å². The van der Waals surface area contributed by atoms with E-state index in [-0.39, 0.29) is 24.9 Å². The summed E-state index contributed by atoms with van der Waals surface area (Å²) >= 11 is 0. The van der Waals surface area contributed by atoms with Crippen LogP contribution in [0.3, 0.4) is 0 Å². The van der Waals surface area contributed by atoms with Gasteiger partial charge in [-0.05, 0) is 36.8 Å². The molecule has 31 heavy (non-hydrogen) atoms. The SMILES string of the molecule is Cc1ccc(Cn2ccc(NC(=O)COCc3cc(-c4ccc(F)cc4)on3)n2)cc1. The van der Waals surface area contributed by atoms with Gasteiger partial charge in [0.2, 0.25) is 0 Å². The Balaban J connectivity index is 1.23. The van der Waals surface area contributed by atoms with Crippen LogP contribution in [0.1, 0.15) is 16.8 Å². The molecule has 0 unspecified atom stereocenters. The Morgan fingerprint density at radius 2 is 1.90 bits per heavy atom. The molecule has 4 rings (SSSR count). The molecule has 0 fully saturated rings. The first kappa shape index (κ1) is 20.5. The van der Waals surface area contributed by atoms with Crippen molar-refractivity contribution in [3.8, 4) is 11.3 Å². The Labute approximate surface area is 178 Å². The van der Waals surface area contributed by atoms with Crippen molar-refractivity contribution in [3.63, 3.8) is 0 Å². The molecule has 7 nitrogen and oxygen atoms in total. The van der Waals surface area contributed by atoms with E-state index in [2.05, 4.69) is 39.8 Å². The number of ether oxygens (including phenoxy) is 1. The fourth-order valence-electron chi connectivity index (χ4n) is 2.95. The predicted molar refractivity (Wildman–Crippen MR) is 113 cm³/mol. The van der Waals surface area contributed by atoms with Crippen LogP contribution in [0.25, 0.3) is 11.3 Å². The summed E-state index contributed by atoms with van der Waals surface area (Å²) in [7, 11) is 0. The molecule has 0 aliphatic carbocycles. The first-order valence-corrected chi connectivity index (χ1v) is 9.73. The average Bonchev–Trinajstić information content (AvgIpc) is 3.40. The van der Waals surface area contributed by atoms with E-state index in [0.717, 1.165) is 5.56 Å². The summed E-state index contributed by atoms with van der Waals surface area (Å²) < 4.78 is 25.4. The molecular formula is C23H21FN4O3. The first-order valence-electron chi connectivity index (χ1n) is 9.73. The van der Waals surface area contributed by atoms with Crippen LogP contribution >= 0.6 is 0 Å². The molecule has 0 radical (unpaired) electrons. The van der Waals surface area contributed by atoms with Crippen LogP contribution in [-0.4, -0.2) is 27.5 Å². The molecule has 0 bridgehead atoms. The van der Waals surface area contributed by atoms with Crippen molar-refractivity contribution < 1.29 is 18.4 Å². The van der Waals surface area contributed by atoms with Gasteiger partial charge in [-0.25, -0.2) is 4.39 Å². The lowest BCUT2D eigenvalue weighted by Gasteiger charge is -2.04. The lowest BCUT2D eigenvalue weighted by Crippen LogP contribution is -2.18. The highest BCUT2D eigenvalue weighted by Crippen LogP contribution is 2.20. The van der Waals surface area contributed by atoms with Crippen LogP contribution in [0.2, 0.25) is 0 Å². The Morgan fingerprint density at radius 3 is 2.68 bits per heavy atom. The number of aryl methyl sites for hydroxylation is 1. The first-order chi connectivity index (χ1) is 15.0. The molecular weight excluding hydrogens is 399 g/mol. The summed E-state index contributed by atoms with van der Waals surface area (Å²) in [5.74, 6) is 0.323. The number of rotatable bonds is 8. The summed E-state index contributed by atoms with van der Waals surface area (Å²) in [6, 6.07) is 17.5. The molecule has 0 saturated heterocycles. The van der Waals surface area contributed by atoms with Crippen molar-refractivity contribution in [1.29, 1.82) is 0 Å². The Hall–Kier alpha value is -3.78. The third kappa shape index (κ3) is 5.64. The number of nitrogens with one attached hydrogen (secondary N) is 1. The van der Waals surface area contributed by atoms with Gasteiger partial charge < -0.3 is 14.6 Å². The number of anilines is 1. The summed E-state index contributed by atoms with van der Waals surface area (Å²) in [4.78, 5) is 12.1. The van der Waals surface area contributed by atoms with Gasteiger partial charge >= 0.3 is 0 Å². The quantitative estimate of drug-likeness (QED) is 0.462. The van der Waals surface area contributed by atoms with Crippen molar-refractivity contribution >= 4 is 11.7 Å².